The Morgan fingerprint density at radius 1 is 1.18 bits per heavy atom. The SMILES string of the molecule is Cc1cc(C)cc(NC(=O)[C@@H]2CCCN(S(=O)(=O)c3cc(-c4noc(C(C)C)n4)sc3C)C2)c1. The molecule has 1 amide bonds. The van der Waals surface area contributed by atoms with Gasteiger partial charge in [0.05, 0.1) is 15.7 Å². The fraction of sp³-hybridized carbons (Fsp3) is 0.458. The van der Waals surface area contributed by atoms with Crippen LogP contribution in [0.15, 0.2) is 33.7 Å². The third kappa shape index (κ3) is 5.08. The fourth-order valence-corrected chi connectivity index (χ4v) is 7.22. The molecular weight excluding hydrogens is 472 g/mol. The summed E-state index contributed by atoms with van der Waals surface area (Å²) >= 11 is 1.32. The summed E-state index contributed by atoms with van der Waals surface area (Å²) < 4.78 is 33.7. The van der Waals surface area contributed by atoms with Gasteiger partial charge in [-0.25, -0.2) is 8.42 Å². The van der Waals surface area contributed by atoms with Crippen LogP contribution in [-0.4, -0.2) is 41.9 Å². The summed E-state index contributed by atoms with van der Waals surface area (Å²) in [6.07, 6.45) is 1.28. The van der Waals surface area contributed by atoms with E-state index in [1.807, 2.05) is 45.9 Å². The number of sulfonamides is 1. The van der Waals surface area contributed by atoms with Crippen LogP contribution in [0.2, 0.25) is 0 Å². The lowest BCUT2D eigenvalue weighted by Crippen LogP contribution is -2.43. The van der Waals surface area contributed by atoms with Crippen LogP contribution in [-0.2, 0) is 14.8 Å². The average molecular weight is 503 g/mol. The van der Waals surface area contributed by atoms with Gasteiger partial charge in [0.2, 0.25) is 27.6 Å². The Balaban J connectivity index is 1.52. The summed E-state index contributed by atoms with van der Waals surface area (Å²) in [4.78, 5) is 18.9. The number of nitrogens with one attached hydrogen (secondary N) is 1. The standard InChI is InChI=1S/C24H30N4O4S2/c1-14(2)24-26-22(27-32-24)20-12-21(17(5)33-20)34(30,31)28-8-6-7-18(13-28)23(29)25-19-10-15(3)9-16(4)11-19/h9-12,14,18H,6-8,13H2,1-5H3,(H,25,29)/t18-/m1/s1. The molecule has 0 unspecified atom stereocenters. The maximum Gasteiger partial charge on any atom is 0.244 e. The van der Waals surface area contributed by atoms with Gasteiger partial charge in [-0.3, -0.25) is 4.79 Å². The minimum atomic E-state index is -3.76. The number of amides is 1. The molecule has 1 aliphatic heterocycles. The summed E-state index contributed by atoms with van der Waals surface area (Å²) in [5, 5.41) is 6.98. The van der Waals surface area contributed by atoms with Crippen molar-refractivity contribution in [2.24, 2.45) is 5.92 Å². The van der Waals surface area contributed by atoms with Gasteiger partial charge in [-0.2, -0.15) is 9.29 Å². The van der Waals surface area contributed by atoms with E-state index in [4.69, 9.17) is 4.52 Å². The van der Waals surface area contributed by atoms with Gasteiger partial charge >= 0.3 is 0 Å². The molecule has 34 heavy (non-hydrogen) atoms. The molecule has 182 valence electrons. The van der Waals surface area contributed by atoms with Gasteiger partial charge in [-0.05, 0) is 62.9 Å². The second-order valence-corrected chi connectivity index (χ2v) is 12.4. The van der Waals surface area contributed by atoms with Gasteiger partial charge < -0.3 is 9.84 Å². The zero-order valence-electron chi connectivity index (χ0n) is 20.1. The van der Waals surface area contributed by atoms with Gasteiger partial charge in [0, 0.05) is 29.6 Å². The molecule has 1 aromatic carbocycles. The lowest BCUT2D eigenvalue weighted by atomic mass is 9.98. The summed E-state index contributed by atoms with van der Waals surface area (Å²) in [6.45, 7) is 10.2. The smallest absolute Gasteiger partial charge is 0.244 e. The summed E-state index contributed by atoms with van der Waals surface area (Å²) in [5.74, 6) is 0.432. The Kier molecular flexibility index (Phi) is 6.93. The molecule has 1 saturated heterocycles. The minimum absolute atomic E-state index is 0.0886. The van der Waals surface area contributed by atoms with Crippen molar-refractivity contribution in [1.29, 1.82) is 0 Å². The van der Waals surface area contributed by atoms with E-state index in [1.165, 1.54) is 15.6 Å². The molecule has 4 rings (SSSR count). The van der Waals surface area contributed by atoms with Crippen molar-refractivity contribution in [3.63, 3.8) is 0 Å². The lowest BCUT2D eigenvalue weighted by Gasteiger charge is -2.31. The highest BCUT2D eigenvalue weighted by Gasteiger charge is 2.35. The highest BCUT2D eigenvalue weighted by Crippen LogP contribution is 2.35. The second-order valence-electron chi connectivity index (χ2n) is 9.21. The number of aromatic nitrogens is 2. The van der Waals surface area contributed by atoms with E-state index in [0.717, 1.165) is 16.8 Å². The van der Waals surface area contributed by atoms with E-state index >= 15 is 0 Å². The minimum Gasteiger partial charge on any atom is -0.339 e. The molecule has 0 bridgehead atoms. The highest BCUT2D eigenvalue weighted by molar-refractivity contribution is 7.89. The number of benzene rings is 1. The van der Waals surface area contributed by atoms with Crippen LogP contribution >= 0.6 is 11.3 Å². The predicted molar refractivity (Wildman–Crippen MR) is 132 cm³/mol. The van der Waals surface area contributed by atoms with Crippen LogP contribution in [0.25, 0.3) is 10.7 Å². The topological polar surface area (TPSA) is 105 Å². The van der Waals surface area contributed by atoms with Gasteiger partial charge in [-0.15, -0.1) is 11.3 Å². The van der Waals surface area contributed by atoms with Crippen LogP contribution in [0.1, 0.15) is 54.5 Å². The van der Waals surface area contributed by atoms with Crippen molar-refractivity contribution in [2.45, 2.75) is 58.3 Å². The molecule has 1 N–H and O–H groups in total. The largest absolute Gasteiger partial charge is 0.339 e. The molecule has 10 heteroatoms. The molecule has 3 aromatic rings. The highest BCUT2D eigenvalue weighted by atomic mass is 32.2. The first-order chi connectivity index (χ1) is 16.0. The zero-order valence-corrected chi connectivity index (χ0v) is 21.7. The van der Waals surface area contributed by atoms with E-state index in [1.54, 1.807) is 13.0 Å². The van der Waals surface area contributed by atoms with Gasteiger partial charge in [0.15, 0.2) is 0 Å². The number of anilines is 1. The maximum absolute atomic E-state index is 13.5. The fourth-order valence-electron chi connectivity index (χ4n) is 4.21. The van der Waals surface area contributed by atoms with Crippen LogP contribution in [0.5, 0.6) is 0 Å². The molecule has 1 aliphatic rings. The zero-order chi connectivity index (χ0) is 24.6. The molecule has 0 saturated carbocycles. The van der Waals surface area contributed by atoms with Crippen molar-refractivity contribution in [3.05, 3.63) is 46.2 Å². The van der Waals surface area contributed by atoms with Crippen molar-refractivity contribution in [3.8, 4) is 10.7 Å². The van der Waals surface area contributed by atoms with Crippen LogP contribution in [0.4, 0.5) is 5.69 Å². The molecule has 2 aromatic heterocycles. The van der Waals surface area contributed by atoms with Crippen LogP contribution in [0.3, 0.4) is 0 Å². The Bertz CT molecular complexity index is 1290. The number of thiophene rings is 1. The first-order valence-electron chi connectivity index (χ1n) is 11.4. The molecule has 0 spiro atoms. The number of carbonyl (C=O) groups is 1. The molecule has 8 nitrogen and oxygen atoms in total. The van der Waals surface area contributed by atoms with Crippen LogP contribution in [0, 0.1) is 26.7 Å². The first-order valence-corrected chi connectivity index (χ1v) is 13.6. The Morgan fingerprint density at radius 2 is 1.88 bits per heavy atom. The quantitative estimate of drug-likeness (QED) is 0.515. The third-order valence-corrected chi connectivity index (χ3v) is 9.06. The summed E-state index contributed by atoms with van der Waals surface area (Å²) in [5.41, 5.74) is 2.87. The van der Waals surface area contributed by atoms with Crippen molar-refractivity contribution < 1.29 is 17.7 Å². The number of piperidine rings is 1. The average Bonchev–Trinajstić information content (AvgIpc) is 3.40. The van der Waals surface area contributed by atoms with Gasteiger partial charge in [0.1, 0.15) is 0 Å². The number of hydrogen-bond acceptors (Lipinski definition) is 7. The Morgan fingerprint density at radius 3 is 2.53 bits per heavy atom. The number of nitrogens with zero attached hydrogens (tertiary/aromatic N) is 3. The van der Waals surface area contributed by atoms with Gasteiger partial charge in [0.25, 0.3) is 0 Å². The normalized spacial score (nSPS) is 17.3. The number of hydrogen-bond donors (Lipinski definition) is 1. The van der Waals surface area contributed by atoms with Crippen molar-refractivity contribution >= 4 is 33.0 Å². The monoisotopic (exact) mass is 502 g/mol. The molecule has 0 radical (unpaired) electrons. The number of aryl methyl sites for hydroxylation is 3. The van der Waals surface area contributed by atoms with Crippen LogP contribution < -0.4 is 5.32 Å². The van der Waals surface area contributed by atoms with E-state index in [0.29, 0.717) is 40.9 Å². The molecule has 0 aliphatic carbocycles. The number of rotatable bonds is 6. The van der Waals surface area contributed by atoms with Crippen molar-refractivity contribution in [2.75, 3.05) is 18.4 Å². The molecule has 3 heterocycles. The Labute approximate surface area is 204 Å². The molecule has 1 atom stereocenters. The van der Waals surface area contributed by atoms with Crippen molar-refractivity contribution in [1.82, 2.24) is 14.4 Å². The maximum atomic E-state index is 13.5. The molecular formula is C24H30N4O4S2. The number of carbonyl (C=O) groups excluding carboxylic acids is 1. The molecule has 1 fully saturated rings. The van der Waals surface area contributed by atoms with Gasteiger partial charge in [-0.1, -0.05) is 25.1 Å². The first kappa shape index (κ1) is 24.6. The van der Waals surface area contributed by atoms with E-state index in [9.17, 15) is 13.2 Å². The Hall–Kier alpha value is -2.56. The lowest BCUT2D eigenvalue weighted by molar-refractivity contribution is -0.120. The predicted octanol–water partition coefficient (Wildman–Crippen LogP) is 4.89. The third-order valence-electron chi connectivity index (χ3n) is 5.89. The summed E-state index contributed by atoms with van der Waals surface area (Å²) in [6, 6.07) is 7.49. The van der Waals surface area contributed by atoms with E-state index in [-0.39, 0.29) is 23.3 Å². The second kappa shape index (κ2) is 9.59. The van der Waals surface area contributed by atoms with E-state index in [2.05, 4.69) is 15.5 Å². The summed E-state index contributed by atoms with van der Waals surface area (Å²) in [7, 11) is -3.76. The van der Waals surface area contributed by atoms with E-state index < -0.39 is 15.9 Å².